The molecule has 3 N–H and O–H groups in total. The fourth-order valence-electron chi connectivity index (χ4n) is 1.91. The Balaban J connectivity index is 2.53. The van der Waals surface area contributed by atoms with Gasteiger partial charge in [-0.2, -0.15) is 0 Å². The molecular formula is C17H26N2O4. The summed E-state index contributed by atoms with van der Waals surface area (Å²) in [5, 5.41) is 13.9. The number of hydrogen-bond donors (Lipinski definition) is 3. The Kier molecular flexibility index (Phi) is 6.88. The number of carbonyl (C=O) groups excluding carboxylic acids is 1. The summed E-state index contributed by atoms with van der Waals surface area (Å²) in [6.45, 7) is 8.58. The van der Waals surface area contributed by atoms with Crippen molar-refractivity contribution in [3.8, 4) is 5.75 Å². The predicted octanol–water partition coefficient (Wildman–Crippen LogP) is 2.84. The second-order valence-corrected chi connectivity index (χ2v) is 6.43. The summed E-state index contributed by atoms with van der Waals surface area (Å²) in [5.41, 5.74) is 1.67. The van der Waals surface area contributed by atoms with E-state index in [2.05, 4.69) is 10.6 Å². The van der Waals surface area contributed by atoms with Crippen molar-refractivity contribution in [3.05, 3.63) is 29.3 Å². The van der Waals surface area contributed by atoms with Crippen LogP contribution >= 0.6 is 0 Å². The second-order valence-electron chi connectivity index (χ2n) is 6.43. The average molecular weight is 322 g/mol. The van der Waals surface area contributed by atoms with E-state index in [9.17, 15) is 9.59 Å². The molecule has 0 atom stereocenters. The molecule has 1 aromatic rings. The van der Waals surface area contributed by atoms with Crippen LogP contribution in [0.3, 0.4) is 0 Å². The maximum Gasteiger partial charge on any atom is 0.315 e. The zero-order valence-electron chi connectivity index (χ0n) is 14.2. The van der Waals surface area contributed by atoms with Crippen molar-refractivity contribution in [2.45, 2.75) is 52.7 Å². The molecule has 1 rings (SSSR count). The molecule has 0 unspecified atom stereocenters. The Morgan fingerprint density at radius 3 is 2.52 bits per heavy atom. The molecule has 0 aliphatic rings. The molecule has 6 nitrogen and oxygen atoms in total. The molecular weight excluding hydrogens is 296 g/mol. The van der Waals surface area contributed by atoms with Gasteiger partial charge in [0.25, 0.3) is 0 Å². The summed E-state index contributed by atoms with van der Waals surface area (Å²) in [5.74, 6) is -0.112. The molecule has 2 amide bonds. The van der Waals surface area contributed by atoms with E-state index in [1.807, 2.05) is 45.9 Å². The Labute approximate surface area is 137 Å². The highest BCUT2D eigenvalue weighted by Gasteiger charge is 2.15. The zero-order chi connectivity index (χ0) is 17.5. The number of carboxylic acids is 1. The third-order valence-corrected chi connectivity index (χ3v) is 2.93. The molecule has 0 bridgehead atoms. The minimum Gasteiger partial charge on any atom is -0.488 e. The molecule has 0 aliphatic carbocycles. The first kappa shape index (κ1) is 18.8. The lowest BCUT2D eigenvalue weighted by atomic mass is 10.1. The molecule has 0 aromatic heterocycles. The first-order chi connectivity index (χ1) is 10.7. The number of rotatable bonds is 7. The maximum atomic E-state index is 11.7. The van der Waals surface area contributed by atoms with Gasteiger partial charge in [0.15, 0.2) is 0 Å². The van der Waals surface area contributed by atoms with E-state index in [-0.39, 0.29) is 18.1 Å². The molecule has 0 saturated carbocycles. The van der Waals surface area contributed by atoms with Gasteiger partial charge >= 0.3 is 12.0 Å². The van der Waals surface area contributed by atoms with Crippen LogP contribution < -0.4 is 15.4 Å². The van der Waals surface area contributed by atoms with Crippen LogP contribution in [0.1, 0.15) is 44.7 Å². The van der Waals surface area contributed by atoms with Gasteiger partial charge < -0.3 is 20.5 Å². The van der Waals surface area contributed by atoms with Crippen molar-refractivity contribution in [1.82, 2.24) is 10.6 Å². The van der Waals surface area contributed by atoms with Gasteiger partial charge in [0.2, 0.25) is 0 Å². The van der Waals surface area contributed by atoms with Gasteiger partial charge in [0.05, 0.1) is 0 Å². The van der Waals surface area contributed by atoms with Crippen LogP contribution in [-0.2, 0) is 11.3 Å². The number of hydrogen-bond acceptors (Lipinski definition) is 3. The molecule has 0 spiro atoms. The molecule has 128 valence electrons. The van der Waals surface area contributed by atoms with Crippen LogP contribution in [0.2, 0.25) is 0 Å². The summed E-state index contributed by atoms with van der Waals surface area (Å²) in [4.78, 5) is 22.1. The minimum absolute atomic E-state index is 0.0435. The second kappa shape index (κ2) is 8.41. The molecule has 0 fully saturated rings. The number of urea groups is 1. The van der Waals surface area contributed by atoms with E-state index in [0.29, 0.717) is 19.5 Å². The van der Waals surface area contributed by atoms with Crippen molar-refractivity contribution >= 4 is 12.0 Å². The highest BCUT2D eigenvalue weighted by Crippen LogP contribution is 2.24. The minimum atomic E-state index is -0.865. The summed E-state index contributed by atoms with van der Waals surface area (Å²) in [6.07, 6.45) is 0.452. The predicted molar refractivity (Wildman–Crippen MR) is 88.7 cm³/mol. The Morgan fingerprint density at radius 2 is 1.91 bits per heavy atom. The standard InChI is InChI=1S/C17H26N2O4/c1-12-7-8-13(14(10-12)23-17(2,3)4)11-19-16(22)18-9-5-6-15(20)21/h7-8,10H,5-6,9,11H2,1-4H3,(H,20,21)(H2,18,19,22). The lowest BCUT2D eigenvalue weighted by Gasteiger charge is -2.23. The van der Waals surface area contributed by atoms with E-state index in [0.717, 1.165) is 16.9 Å². The Hall–Kier alpha value is -2.24. The fourth-order valence-corrected chi connectivity index (χ4v) is 1.91. The van der Waals surface area contributed by atoms with Crippen molar-refractivity contribution in [3.63, 3.8) is 0 Å². The fraction of sp³-hybridized carbons (Fsp3) is 0.529. The lowest BCUT2D eigenvalue weighted by molar-refractivity contribution is -0.137. The van der Waals surface area contributed by atoms with Crippen molar-refractivity contribution in [1.29, 1.82) is 0 Å². The quantitative estimate of drug-likeness (QED) is 0.674. The number of ether oxygens (including phenoxy) is 1. The molecule has 0 heterocycles. The van der Waals surface area contributed by atoms with Gasteiger partial charge in [-0.15, -0.1) is 0 Å². The zero-order valence-corrected chi connectivity index (χ0v) is 14.2. The summed E-state index contributed by atoms with van der Waals surface area (Å²) in [6, 6.07) is 5.53. The molecule has 23 heavy (non-hydrogen) atoms. The van der Waals surface area contributed by atoms with Crippen LogP contribution in [0, 0.1) is 6.92 Å². The lowest BCUT2D eigenvalue weighted by Crippen LogP contribution is -2.36. The number of amides is 2. The SMILES string of the molecule is Cc1ccc(CNC(=O)NCCCC(=O)O)c(OC(C)(C)C)c1. The third kappa shape index (κ3) is 8.09. The van der Waals surface area contributed by atoms with E-state index < -0.39 is 5.97 Å². The number of carbonyl (C=O) groups is 2. The highest BCUT2D eigenvalue weighted by atomic mass is 16.5. The Morgan fingerprint density at radius 1 is 1.22 bits per heavy atom. The summed E-state index contributed by atoms with van der Waals surface area (Å²) in [7, 11) is 0. The summed E-state index contributed by atoms with van der Waals surface area (Å²) < 4.78 is 5.93. The van der Waals surface area contributed by atoms with Crippen LogP contribution in [0.25, 0.3) is 0 Å². The number of aliphatic carboxylic acids is 1. The number of aryl methyl sites for hydroxylation is 1. The maximum absolute atomic E-state index is 11.7. The topological polar surface area (TPSA) is 87.7 Å². The smallest absolute Gasteiger partial charge is 0.315 e. The monoisotopic (exact) mass is 322 g/mol. The van der Waals surface area contributed by atoms with Crippen LogP contribution in [-0.4, -0.2) is 29.3 Å². The van der Waals surface area contributed by atoms with E-state index >= 15 is 0 Å². The van der Waals surface area contributed by atoms with Crippen LogP contribution in [0.15, 0.2) is 18.2 Å². The van der Waals surface area contributed by atoms with Crippen LogP contribution in [0.4, 0.5) is 4.79 Å². The molecule has 6 heteroatoms. The van der Waals surface area contributed by atoms with E-state index in [1.165, 1.54) is 0 Å². The van der Waals surface area contributed by atoms with E-state index in [1.54, 1.807) is 0 Å². The van der Waals surface area contributed by atoms with Gasteiger partial charge in [-0.3, -0.25) is 4.79 Å². The number of benzene rings is 1. The number of nitrogens with one attached hydrogen (secondary N) is 2. The van der Waals surface area contributed by atoms with Gasteiger partial charge in [-0.05, 0) is 45.7 Å². The van der Waals surface area contributed by atoms with E-state index in [4.69, 9.17) is 9.84 Å². The number of carboxylic acid groups (broad SMARTS) is 1. The van der Waals surface area contributed by atoms with Crippen molar-refractivity contribution in [2.75, 3.05) is 6.54 Å². The molecule has 1 aromatic carbocycles. The summed E-state index contributed by atoms with van der Waals surface area (Å²) >= 11 is 0. The molecule has 0 radical (unpaired) electrons. The molecule has 0 saturated heterocycles. The van der Waals surface area contributed by atoms with Crippen LogP contribution in [0.5, 0.6) is 5.75 Å². The third-order valence-electron chi connectivity index (χ3n) is 2.93. The van der Waals surface area contributed by atoms with Crippen molar-refractivity contribution in [2.24, 2.45) is 0 Å². The largest absolute Gasteiger partial charge is 0.488 e. The first-order valence-electron chi connectivity index (χ1n) is 7.69. The van der Waals surface area contributed by atoms with Gasteiger partial charge in [0.1, 0.15) is 11.4 Å². The van der Waals surface area contributed by atoms with Gasteiger partial charge in [-0.25, -0.2) is 4.79 Å². The normalized spacial score (nSPS) is 11.0. The highest BCUT2D eigenvalue weighted by molar-refractivity contribution is 5.74. The molecule has 0 aliphatic heterocycles. The average Bonchev–Trinajstić information content (AvgIpc) is 2.40. The van der Waals surface area contributed by atoms with Gasteiger partial charge in [-0.1, -0.05) is 12.1 Å². The van der Waals surface area contributed by atoms with Gasteiger partial charge in [0, 0.05) is 25.1 Å². The first-order valence-corrected chi connectivity index (χ1v) is 7.69. The Bertz CT molecular complexity index is 550. The van der Waals surface area contributed by atoms with Crippen molar-refractivity contribution < 1.29 is 19.4 Å².